The topological polar surface area (TPSA) is 29.5 Å². The highest BCUT2D eigenvalue weighted by atomic mass is 32.1. The smallest absolute Gasteiger partial charge is 0.348 e. The Morgan fingerprint density at radius 3 is 2.86 bits per heavy atom. The number of rotatable bonds is 3. The Hall–Kier alpha value is -0.170. The van der Waals surface area contributed by atoms with Gasteiger partial charge in [-0.1, -0.05) is 12.8 Å². The second kappa shape index (κ2) is 5.06. The zero-order valence-corrected chi connectivity index (χ0v) is 10.5. The Balaban J connectivity index is 2.87. The van der Waals surface area contributed by atoms with E-state index >= 15 is 0 Å². The Morgan fingerprint density at radius 2 is 2.36 bits per heavy atom. The molecule has 1 aromatic heterocycles. The van der Waals surface area contributed by atoms with Crippen molar-refractivity contribution in [2.45, 2.75) is 11.4 Å². The van der Waals surface area contributed by atoms with Crippen LogP contribution in [0.1, 0.15) is 14.5 Å². The number of nitrogens with zero attached hydrogens (tertiary/aromatic N) is 1. The van der Waals surface area contributed by atoms with Gasteiger partial charge in [-0.3, -0.25) is 4.31 Å². The molecule has 0 unspecified atom stereocenters. The Labute approximate surface area is 98.0 Å². The minimum Gasteiger partial charge on any atom is -0.465 e. The monoisotopic (exact) mass is 249 g/mol. The van der Waals surface area contributed by atoms with Gasteiger partial charge in [0.25, 0.3) is 0 Å². The van der Waals surface area contributed by atoms with E-state index in [1.807, 2.05) is 7.05 Å². The quantitative estimate of drug-likeness (QED) is 0.635. The Bertz CT molecular complexity index is 335. The third-order valence-corrected chi connectivity index (χ3v) is 3.34. The zero-order valence-electron chi connectivity index (χ0n) is 7.85. The van der Waals surface area contributed by atoms with Crippen LogP contribution in [-0.2, 0) is 11.3 Å². The lowest BCUT2D eigenvalue weighted by atomic mass is 10.4. The zero-order chi connectivity index (χ0) is 10.7. The van der Waals surface area contributed by atoms with Crippen molar-refractivity contribution < 1.29 is 9.53 Å². The summed E-state index contributed by atoms with van der Waals surface area (Å²) in [4.78, 5) is 13.6. The van der Waals surface area contributed by atoms with Gasteiger partial charge in [0.1, 0.15) is 4.88 Å². The summed E-state index contributed by atoms with van der Waals surface area (Å²) < 4.78 is 6.34. The lowest BCUT2D eigenvalue weighted by Crippen LogP contribution is -2.02. The van der Waals surface area contributed by atoms with Gasteiger partial charge < -0.3 is 4.74 Å². The second-order valence-electron chi connectivity index (χ2n) is 2.73. The number of hydrogen-bond donors (Lipinski definition) is 2. The first-order valence-electron chi connectivity index (χ1n) is 3.84. The van der Waals surface area contributed by atoms with E-state index in [4.69, 9.17) is 0 Å². The molecule has 1 rings (SSSR count). The van der Waals surface area contributed by atoms with Crippen LogP contribution in [-0.4, -0.2) is 24.4 Å². The molecule has 0 radical (unpaired) electrons. The van der Waals surface area contributed by atoms with Gasteiger partial charge >= 0.3 is 5.97 Å². The van der Waals surface area contributed by atoms with Crippen LogP contribution in [0.3, 0.4) is 0 Å². The molecule has 0 spiro atoms. The van der Waals surface area contributed by atoms with Gasteiger partial charge in [-0.15, -0.1) is 24.0 Å². The lowest BCUT2D eigenvalue weighted by molar-refractivity contribution is 0.0606. The van der Waals surface area contributed by atoms with Gasteiger partial charge in [0.2, 0.25) is 0 Å². The summed E-state index contributed by atoms with van der Waals surface area (Å²) in [5, 5.41) is 0. The Morgan fingerprint density at radius 1 is 1.71 bits per heavy atom. The predicted molar refractivity (Wildman–Crippen MR) is 63.4 cm³/mol. The van der Waals surface area contributed by atoms with E-state index in [9.17, 15) is 4.79 Å². The van der Waals surface area contributed by atoms with Crippen molar-refractivity contribution in [3.63, 3.8) is 0 Å². The third-order valence-electron chi connectivity index (χ3n) is 1.55. The second-order valence-corrected chi connectivity index (χ2v) is 5.03. The maximum atomic E-state index is 11.2. The van der Waals surface area contributed by atoms with Crippen LogP contribution >= 0.6 is 36.8 Å². The highest BCUT2D eigenvalue weighted by molar-refractivity contribution is 7.80. The number of carbonyl (C=O) groups excluding carboxylic acids is 1. The molecule has 0 fully saturated rings. The van der Waals surface area contributed by atoms with Crippen LogP contribution in [0.4, 0.5) is 0 Å². The SMILES string of the molecule is COC(=O)c1cc(S)c(CN(C)S)s1. The molecule has 1 aromatic rings. The van der Waals surface area contributed by atoms with Crippen LogP contribution in [0.15, 0.2) is 11.0 Å². The lowest BCUT2D eigenvalue weighted by Gasteiger charge is -2.05. The molecule has 0 bridgehead atoms. The van der Waals surface area contributed by atoms with Crippen molar-refractivity contribution >= 4 is 42.7 Å². The molecule has 6 heteroatoms. The molecule has 14 heavy (non-hydrogen) atoms. The van der Waals surface area contributed by atoms with E-state index in [1.54, 1.807) is 10.4 Å². The van der Waals surface area contributed by atoms with Crippen molar-refractivity contribution in [3.8, 4) is 0 Å². The van der Waals surface area contributed by atoms with Gasteiger partial charge in [-0.2, -0.15) is 0 Å². The molecule has 1 heterocycles. The van der Waals surface area contributed by atoms with E-state index in [-0.39, 0.29) is 5.97 Å². The molecular weight excluding hydrogens is 238 g/mol. The fourth-order valence-corrected chi connectivity index (χ4v) is 2.63. The molecule has 0 aromatic carbocycles. The first-order valence-corrected chi connectivity index (χ1v) is 5.51. The molecule has 0 saturated heterocycles. The first kappa shape index (κ1) is 11.9. The molecule has 0 amide bonds. The molecule has 78 valence electrons. The molecular formula is C8H11NO2S3. The minimum absolute atomic E-state index is 0.321. The fourth-order valence-electron chi connectivity index (χ4n) is 0.941. The number of hydrogen-bond acceptors (Lipinski definition) is 6. The summed E-state index contributed by atoms with van der Waals surface area (Å²) in [6.45, 7) is 0.656. The van der Waals surface area contributed by atoms with Crippen molar-refractivity contribution in [3.05, 3.63) is 15.8 Å². The molecule has 3 nitrogen and oxygen atoms in total. The van der Waals surface area contributed by atoms with Gasteiger partial charge in [-0.25, -0.2) is 4.79 Å². The molecule has 0 N–H and O–H groups in total. The molecule has 0 atom stereocenters. The largest absolute Gasteiger partial charge is 0.465 e. The summed E-state index contributed by atoms with van der Waals surface area (Å²) in [5.74, 6) is -0.321. The van der Waals surface area contributed by atoms with Gasteiger partial charge in [0.15, 0.2) is 0 Å². The number of thiophene rings is 1. The number of carbonyl (C=O) groups is 1. The van der Waals surface area contributed by atoms with E-state index in [2.05, 4.69) is 30.2 Å². The van der Waals surface area contributed by atoms with Gasteiger partial charge in [0.05, 0.1) is 7.11 Å². The van der Waals surface area contributed by atoms with Crippen LogP contribution < -0.4 is 0 Å². The Kier molecular flexibility index (Phi) is 4.31. The van der Waals surface area contributed by atoms with Crippen molar-refractivity contribution in [1.82, 2.24) is 4.31 Å². The van der Waals surface area contributed by atoms with Crippen molar-refractivity contribution in [1.29, 1.82) is 0 Å². The number of ether oxygens (including phenoxy) is 1. The highest BCUT2D eigenvalue weighted by Crippen LogP contribution is 2.27. The number of methoxy groups -OCH3 is 1. The summed E-state index contributed by atoms with van der Waals surface area (Å²) in [6, 6.07) is 1.71. The van der Waals surface area contributed by atoms with Crippen LogP contribution in [0, 0.1) is 0 Å². The van der Waals surface area contributed by atoms with Crippen LogP contribution in [0.2, 0.25) is 0 Å². The summed E-state index contributed by atoms with van der Waals surface area (Å²) in [5.41, 5.74) is 0. The average Bonchev–Trinajstić information content (AvgIpc) is 2.46. The average molecular weight is 249 g/mol. The summed E-state index contributed by atoms with van der Waals surface area (Å²) in [7, 11) is 3.21. The molecule has 0 saturated carbocycles. The highest BCUT2D eigenvalue weighted by Gasteiger charge is 2.13. The van der Waals surface area contributed by atoms with E-state index in [0.29, 0.717) is 11.4 Å². The van der Waals surface area contributed by atoms with Crippen molar-refractivity contribution in [2.75, 3.05) is 14.2 Å². The van der Waals surface area contributed by atoms with Gasteiger partial charge in [0, 0.05) is 16.3 Å². The maximum Gasteiger partial charge on any atom is 0.348 e. The molecule has 0 aliphatic carbocycles. The molecule has 0 aliphatic heterocycles. The third kappa shape index (κ3) is 2.91. The van der Waals surface area contributed by atoms with Crippen LogP contribution in [0.5, 0.6) is 0 Å². The standard InChI is InChI=1S/C8H11NO2S3/c1-9(13)4-7-5(12)3-6(14-7)8(10)11-2/h3,12-13H,4H2,1-2H3. The van der Waals surface area contributed by atoms with Crippen LogP contribution in [0.25, 0.3) is 0 Å². The summed E-state index contributed by atoms with van der Waals surface area (Å²) in [6.07, 6.45) is 0. The fraction of sp³-hybridized carbons (Fsp3) is 0.375. The normalized spacial score (nSPS) is 10.6. The first-order chi connectivity index (χ1) is 6.54. The number of thiol groups is 2. The molecule has 0 aliphatic rings. The van der Waals surface area contributed by atoms with Gasteiger partial charge in [-0.05, 0) is 13.1 Å². The summed E-state index contributed by atoms with van der Waals surface area (Å²) >= 11 is 9.78. The van der Waals surface area contributed by atoms with Crippen molar-refractivity contribution in [2.24, 2.45) is 0 Å². The van der Waals surface area contributed by atoms with E-state index in [1.165, 1.54) is 18.4 Å². The number of esters is 1. The predicted octanol–water partition coefficient (Wildman–Crippen LogP) is 2.10. The minimum atomic E-state index is -0.321. The maximum absolute atomic E-state index is 11.2. The van der Waals surface area contributed by atoms with E-state index < -0.39 is 0 Å². The van der Waals surface area contributed by atoms with E-state index in [0.717, 1.165) is 9.77 Å².